The van der Waals surface area contributed by atoms with Crippen LogP contribution >= 0.6 is 11.3 Å². The van der Waals surface area contributed by atoms with Crippen LogP contribution in [0.15, 0.2) is 12.1 Å². The second-order valence-electron chi connectivity index (χ2n) is 3.45. The molecule has 0 saturated carbocycles. The van der Waals surface area contributed by atoms with E-state index in [4.69, 9.17) is 4.74 Å². The van der Waals surface area contributed by atoms with Gasteiger partial charge in [-0.2, -0.15) is 0 Å². The van der Waals surface area contributed by atoms with E-state index in [1.807, 2.05) is 12.1 Å². The van der Waals surface area contributed by atoms with Gasteiger partial charge in [0, 0.05) is 16.3 Å². The van der Waals surface area contributed by atoms with Crippen molar-refractivity contribution < 1.29 is 13.5 Å². The SMILES string of the molecule is CCCNCc1ccc(COCC(F)F)s1. The van der Waals surface area contributed by atoms with Crippen LogP contribution in [-0.2, 0) is 17.9 Å². The molecule has 1 aromatic rings. The molecule has 2 nitrogen and oxygen atoms in total. The van der Waals surface area contributed by atoms with Gasteiger partial charge in [0.1, 0.15) is 6.61 Å². The highest BCUT2D eigenvalue weighted by Crippen LogP contribution is 2.17. The number of halogens is 2. The Kier molecular flexibility index (Phi) is 6.52. The van der Waals surface area contributed by atoms with Crippen LogP contribution < -0.4 is 5.32 Å². The summed E-state index contributed by atoms with van der Waals surface area (Å²) in [5.41, 5.74) is 0. The number of alkyl halides is 2. The lowest BCUT2D eigenvalue weighted by Crippen LogP contribution is -2.12. The van der Waals surface area contributed by atoms with Crippen molar-refractivity contribution in [2.45, 2.75) is 32.9 Å². The molecule has 0 bridgehead atoms. The maximum Gasteiger partial charge on any atom is 0.261 e. The van der Waals surface area contributed by atoms with Gasteiger partial charge in [-0.1, -0.05) is 6.92 Å². The van der Waals surface area contributed by atoms with Gasteiger partial charge in [0.05, 0.1) is 6.61 Å². The predicted molar refractivity (Wildman–Crippen MR) is 62.0 cm³/mol. The Morgan fingerprint density at radius 2 is 2.12 bits per heavy atom. The van der Waals surface area contributed by atoms with Crippen LogP contribution in [-0.4, -0.2) is 19.6 Å². The van der Waals surface area contributed by atoms with Crippen molar-refractivity contribution in [3.05, 3.63) is 21.9 Å². The monoisotopic (exact) mass is 249 g/mol. The second kappa shape index (κ2) is 7.70. The topological polar surface area (TPSA) is 21.3 Å². The number of thiophene rings is 1. The third-order valence-corrected chi connectivity index (χ3v) is 2.99. The minimum atomic E-state index is -2.38. The van der Waals surface area contributed by atoms with E-state index in [-0.39, 0.29) is 6.61 Å². The first kappa shape index (κ1) is 13.5. The molecule has 0 aliphatic heterocycles. The Hall–Kier alpha value is -0.520. The van der Waals surface area contributed by atoms with Gasteiger partial charge in [0.2, 0.25) is 0 Å². The molecule has 0 spiro atoms. The third kappa shape index (κ3) is 5.53. The van der Waals surface area contributed by atoms with Gasteiger partial charge < -0.3 is 10.1 Å². The van der Waals surface area contributed by atoms with E-state index >= 15 is 0 Å². The summed E-state index contributed by atoms with van der Waals surface area (Å²) in [6, 6.07) is 3.94. The molecule has 0 amide bonds. The smallest absolute Gasteiger partial charge is 0.261 e. The van der Waals surface area contributed by atoms with Crippen LogP contribution in [0.3, 0.4) is 0 Å². The summed E-state index contributed by atoms with van der Waals surface area (Å²) in [7, 11) is 0. The number of hydrogen-bond acceptors (Lipinski definition) is 3. The summed E-state index contributed by atoms with van der Waals surface area (Å²) in [6.07, 6.45) is -1.28. The molecule has 92 valence electrons. The molecule has 5 heteroatoms. The van der Waals surface area contributed by atoms with Crippen molar-refractivity contribution in [1.82, 2.24) is 5.32 Å². The molecule has 0 saturated heterocycles. The molecular weight excluding hydrogens is 232 g/mol. The Bertz CT molecular complexity index is 291. The van der Waals surface area contributed by atoms with E-state index in [1.165, 1.54) is 4.88 Å². The normalized spacial score (nSPS) is 11.2. The first-order valence-corrected chi connectivity index (χ1v) is 6.18. The molecule has 1 rings (SSSR count). The highest BCUT2D eigenvalue weighted by atomic mass is 32.1. The second-order valence-corrected chi connectivity index (χ2v) is 4.70. The summed E-state index contributed by atoms with van der Waals surface area (Å²) < 4.78 is 28.5. The van der Waals surface area contributed by atoms with Gasteiger partial charge in [-0.3, -0.25) is 0 Å². The molecule has 1 aromatic heterocycles. The first-order valence-electron chi connectivity index (χ1n) is 5.36. The fourth-order valence-corrected chi connectivity index (χ4v) is 2.16. The molecular formula is C11H17F2NOS. The van der Waals surface area contributed by atoms with Gasteiger partial charge in [-0.25, -0.2) is 8.78 Å². The lowest BCUT2D eigenvalue weighted by Gasteiger charge is -2.01. The third-order valence-electron chi connectivity index (χ3n) is 1.93. The van der Waals surface area contributed by atoms with Crippen LogP contribution in [0.1, 0.15) is 23.1 Å². The van der Waals surface area contributed by atoms with Crippen molar-refractivity contribution in [1.29, 1.82) is 0 Å². The molecule has 1 N–H and O–H groups in total. The van der Waals surface area contributed by atoms with Crippen LogP contribution in [0, 0.1) is 0 Å². The fourth-order valence-electron chi connectivity index (χ4n) is 1.23. The number of nitrogens with one attached hydrogen (secondary N) is 1. The molecule has 0 radical (unpaired) electrons. The maximum atomic E-state index is 11.8. The van der Waals surface area contributed by atoms with Crippen molar-refractivity contribution in [3.63, 3.8) is 0 Å². The van der Waals surface area contributed by atoms with Gasteiger partial charge in [0.25, 0.3) is 6.43 Å². The highest BCUT2D eigenvalue weighted by Gasteiger charge is 2.04. The minimum Gasteiger partial charge on any atom is -0.370 e. The van der Waals surface area contributed by atoms with E-state index in [0.717, 1.165) is 24.4 Å². The summed E-state index contributed by atoms with van der Waals surface area (Å²) >= 11 is 1.60. The minimum absolute atomic E-state index is 0.281. The zero-order chi connectivity index (χ0) is 11.8. The summed E-state index contributed by atoms with van der Waals surface area (Å²) in [6.45, 7) is 3.75. The van der Waals surface area contributed by atoms with Crippen LogP contribution in [0.4, 0.5) is 8.78 Å². The van der Waals surface area contributed by atoms with E-state index in [1.54, 1.807) is 11.3 Å². The predicted octanol–water partition coefficient (Wildman–Crippen LogP) is 3.03. The molecule has 16 heavy (non-hydrogen) atoms. The Morgan fingerprint density at radius 3 is 2.81 bits per heavy atom. The zero-order valence-corrected chi connectivity index (χ0v) is 10.2. The van der Waals surface area contributed by atoms with Crippen LogP contribution in [0.25, 0.3) is 0 Å². The van der Waals surface area contributed by atoms with E-state index in [2.05, 4.69) is 12.2 Å². The van der Waals surface area contributed by atoms with Crippen molar-refractivity contribution in [2.75, 3.05) is 13.2 Å². The Labute approximate surface area is 98.6 Å². The summed E-state index contributed by atoms with van der Waals surface area (Å²) in [5, 5.41) is 3.29. The van der Waals surface area contributed by atoms with Crippen molar-refractivity contribution in [3.8, 4) is 0 Å². The maximum absolute atomic E-state index is 11.8. The van der Waals surface area contributed by atoms with E-state index in [0.29, 0.717) is 0 Å². The molecule has 0 aromatic carbocycles. The molecule has 0 atom stereocenters. The average molecular weight is 249 g/mol. The van der Waals surface area contributed by atoms with Crippen LogP contribution in [0.5, 0.6) is 0 Å². The average Bonchev–Trinajstić information content (AvgIpc) is 2.66. The Balaban J connectivity index is 2.22. The summed E-state index contributed by atoms with van der Waals surface area (Å²) in [4.78, 5) is 2.21. The van der Waals surface area contributed by atoms with Gasteiger partial charge in [0.15, 0.2) is 0 Å². The first-order chi connectivity index (χ1) is 7.72. The lowest BCUT2D eigenvalue weighted by atomic mass is 10.4. The van der Waals surface area contributed by atoms with Gasteiger partial charge >= 0.3 is 0 Å². The quantitative estimate of drug-likeness (QED) is 0.715. The van der Waals surface area contributed by atoms with Crippen molar-refractivity contribution in [2.24, 2.45) is 0 Å². The summed E-state index contributed by atoms with van der Waals surface area (Å²) in [5.74, 6) is 0. The fraction of sp³-hybridized carbons (Fsp3) is 0.636. The standard InChI is InChI=1S/C11H17F2NOS/c1-2-5-14-6-9-3-4-10(16-9)7-15-8-11(12)13/h3-4,11,14H,2,5-8H2,1H3. The van der Waals surface area contributed by atoms with Gasteiger partial charge in [-0.15, -0.1) is 11.3 Å². The van der Waals surface area contributed by atoms with Crippen LogP contribution in [0.2, 0.25) is 0 Å². The van der Waals surface area contributed by atoms with Crippen molar-refractivity contribution >= 4 is 11.3 Å². The lowest BCUT2D eigenvalue weighted by molar-refractivity contribution is 0.0108. The van der Waals surface area contributed by atoms with Gasteiger partial charge in [-0.05, 0) is 25.1 Å². The van der Waals surface area contributed by atoms with E-state index < -0.39 is 13.0 Å². The molecule has 1 heterocycles. The zero-order valence-electron chi connectivity index (χ0n) is 9.34. The highest BCUT2D eigenvalue weighted by molar-refractivity contribution is 7.11. The molecule has 0 aliphatic carbocycles. The molecule has 0 unspecified atom stereocenters. The molecule has 0 fully saturated rings. The number of rotatable bonds is 8. The Morgan fingerprint density at radius 1 is 1.38 bits per heavy atom. The number of hydrogen-bond donors (Lipinski definition) is 1. The molecule has 0 aliphatic rings. The number of ether oxygens (including phenoxy) is 1. The largest absolute Gasteiger partial charge is 0.370 e. The van der Waals surface area contributed by atoms with E-state index in [9.17, 15) is 8.78 Å².